The fraction of sp³-hybridized carbons (Fsp3) is 0.200. The Morgan fingerprint density at radius 1 is 1.00 bits per heavy atom. The Balaban J connectivity index is 1.55. The van der Waals surface area contributed by atoms with Gasteiger partial charge in [-0.2, -0.15) is 5.10 Å². The number of nitrogens with zero attached hydrogens (tertiary/aromatic N) is 1. The van der Waals surface area contributed by atoms with Crippen LogP contribution in [0, 0.1) is 0 Å². The minimum absolute atomic E-state index is 0.0464. The number of hydrogen-bond acceptors (Lipinski definition) is 4. The molecule has 2 aromatic carbocycles. The first kappa shape index (κ1) is 17.5. The Kier molecular flexibility index (Phi) is 5.53. The van der Waals surface area contributed by atoms with E-state index in [1.807, 2.05) is 42.5 Å². The van der Waals surface area contributed by atoms with E-state index in [4.69, 9.17) is 9.47 Å². The van der Waals surface area contributed by atoms with Gasteiger partial charge in [-0.05, 0) is 34.9 Å². The summed E-state index contributed by atoms with van der Waals surface area (Å²) in [6.45, 7) is 0.482. The molecule has 134 valence electrons. The van der Waals surface area contributed by atoms with Crippen molar-refractivity contribution < 1.29 is 14.3 Å². The summed E-state index contributed by atoms with van der Waals surface area (Å²) in [4.78, 5) is 12.2. The van der Waals surface area contributed by atoms with E-state index >= 15 is 0 Å². The number of aromatic nitrogens is 2. The second kappa shape index (κ2) is 8.20. The molecule has 0 aliphatic heterocycles. The fourth-order valence-corrected chi connectivity index (χ4v) is 2.66. The van der Waals surface area contributed by atoms with Crippen LogP contribution in [0.5, 0.6) is 11.5 Å². The summed E-state index contributed by atoms with van der Waals surface area (Å²) in [5, 5.41) is 9.81. The number of H-pyrrole nitrogens is 1. The lowest BCUT2D eigenvalue weighted by Crippen LogP contribution is -2.24. The van der Waals surface area contributed by atoms with Crippen LogP contribution in [0.2, 0.25) is 0 Å². The highest BCUT2D eigenvalue weighted by Gasteiger charge is 2.08. The average Bonchev–Trinajstić information content (AvgIpc) is 3.21. The molecule has 26 heavy (non-hydrogen) atoms. The Labute approximate surface area is 152 Å². The number of nitrogens with one attached hydrogen (secondary N) is 2. The quantitative estimate of drug-likeness (QED) is 0.686. The molecule has 1 heterocycles. The van der Waals surface area contributed by atoms with E-state index in [1.54, 1.807) is 26.5 Å². The van der Waals surface area contributed by atoms with E-state index in [0.29, 0.717) is 18.0 Å². The summed E-state index contributed by atoms with van der Waals surface area (Å²) < 4.78 is 10.5. The number of methoxy groups -OCH3 is 2. The van der Waals surface area contributed by atoms with Gasteiger partial charge in [0.15, 0.2) is 11.5 Å². The van der Waals surface area contributed by atoms with Crippen LogP contribution in [0.3, 0.4) is 0 Å². The molecule has 0 bridgehead atoms. The van der Waals surface area contributed by atoms with Gasteiger partial charge < -0.3 is 14.8 Å². The number of benzene rings is 2. The molecule has 0 atom stereocenters. The van der Waals surface area contributed by atoms with Crippen LogP contribution in [0.25, 0.3) is 11.3 Å². The van der Waals surface area contributed by atoms with E-state index < -0.39 is 0 Å². The van der Waals surface area contributed by atoms with Crippen molar-refractivity contribution >= 4 is 5.91 Å². The van der Waals surface area contributed by atoms with Gasteiger partial charge in [-0.25, -0.2) is 0 Å². The Hall–Kier alpha value is -3.28. The van der Waals surface area contributed by atoms with Gasteiger partial charge in [0.05, 0.1) is 26.3 Å². The van der Waals surface area contributed by atoms with Crippen molar-refractivity contribution in [1.29, 1.82) is 0 Å². The van der Waals surface area contributed by atoms with Crippen molar-refractivity contribution in [3.63, 3.8) is 0 Å². The highest BCUT2D eigenvalue weighted by Crippen LogP contribution is 2.27. The molecule has 0 unspecified atom stereocenters. The van der Waals surface area contributed by atoms with Gasteiger partial charge >= 0.3 is 0 Å². The van der Waals surface area contributed by atoms with Crippen LogP contribution in [0.15, 0.2) is 54.7 Å². The number of aromatic amines is 1. The van der Waals surface area contributed by atoms with Gasteiger partial charge in [-0.1, -0.05) is 30.3 Å². The summed E-state index contributed by atoms with van der Waals surface area (Å²) in [6, 6.07) is 15.4. The summed E-state index contributed by atoms with van der Waals surface area (Å²) in [5.41, 5.74) is 3.93. The van der Waals surface area contributed by atoms with E-state index in [1.165, 1.54) is 0 Å². The second-order valence-corrected chi connectivity index (χ2v) is 5.81. The Morgan fingerprint density at radius 2 is 1.73 bits per heavy atom. The van der Waals surface area contributed by atoms with Gasteiger partial charge in [0.2, 0.25) is 5.91 Å². The van der Waals surface area contributed by atoms with Crippen molar-refractivity contribution in [2.75, 3.05) is 14.2 Å². The second-order valence-electron chi connectivity index (χ2n) is 5.81. The van der Waals surface area contributed by atoms with Crippen LogP contribution >= 0.6 is 0 Å². The van der Waals surface area contributed by atoms with Crippen LogP contribution in [0.1, 0.15) is 11.1 Å². The maximum absolute atomic E-state index is 12.2. The molecule has 0 fully saturated rings. The normalized spacial score (nSPS) is 10.4. The summed E-state index contributed by atoms with van der Waals surface area (Å²) in [5.74, 6) is 1.22. The monoisotopic (exact) mass is 351 g/mol. The van der Waals surface area contributed by atoms with Crippen LogP contribution in [-0.4, -0.2) is 30.3 Å². The fourth-order valence-electron chi connectivity index (χ4n) is 2.66. The topological polar surface area (TPSA) is 76.2 Å². The predicted molar refractivity (Wildman–Crippen MR) is 99.1 cm³/mol. The number of hydrogen-bond donors (Lipinski definition) is 2. The third kappa shape index (κ3) is 4.22. The van der Waals surface area contributed by atoms with E-state index in [9.17, 15) is 4.79 Å². The number of carbonyl (C=O) groups is 1. The average molecular weight is 351 g/mol. The molecule has 1 aromatic heterocycles. The predicted octanol–water partition coefficient (Wildman–Crippen LogP) is 2.95. The number of carbonyl (C=O) groups excluding carboxylic acids is 1. The number of ether oxygens (including phenoxy) is 2. The van der Waals surface area contributed by atoms with Crippen molar-refractivity contribution in [1.82, 2.24) is 15.5 Å². The van der Waals surface area contributed by atoms with Crippen LogP contribution in [-0.2, 0) is 17.8 Å². The van der Waals surface area contributed by atoms with Crippen molar-refractivity contribution in [2.45, 2.75) is 13.0 Å². The minimum atomic E-state index is -0.0464. The van der Waals surface area contributed by atoms with Gasteiger partial charge in [-0.3, -0.25) is 9.89 Å². The van der Waals surface area contributed by atoms with Crippen LogP contribution in [0.4, 0.5) is 0 Å². The highest BCUT2D eigenvalue weighted by atomic mass is 16.5. The summed E-state index contributed by atoms with van der Waals surface area (Å²) in [6.07, 6.45) is 2.00. The molecule has 0 radical (unpaired) electrons. The molecule has 0 aliphatic carbocycles. The molecule has 0 saturated carbocycles. The van der Waals surface area contributed by atoms with E-state index in [2.05, 4.69) is 15.5 Å². The lowest BCUT2D eigenvalue weighted by molar-refractivity contribution is -0.120. The zero-order chi connectivity index (χ0) is 18.4. The van der Waals surface area contributed by atoms with Crippen molar-refractivity contribution in [2.24, 2.45) is 0 Å². The smallest absolute Gasteiger partial charge is 0.224 e. The third-order valence-corrected chi connectivity index (χ3v) is 4.07. The minimum Gasteiger partial charge on any atom is -0.493 e. The zero-order valence-corrected chi connectivity index (χ0v) is 14.8. The number of rotatable bonds is 7. The molecule has 2 N–H and O–H groups in total. The molecule has 6 nitrogen and oxygen atoms in total. The van der Waals surface area contributed by atoms with E-state index in [0.717, 1.165) is 22.4 Å². The highest BCUT2D eigenvalue weighted by molar-refractivity contribution is 5.78. The zero-order valence-electron chi connectivity index (χ0n) is 14.8. The lowest BCUT2D eigenvalue weighted by atomic mass is 10.1. The van der Waals surface area contributed by atoms with Gasteiger partial charge in [0.1, 0.15) is 0 Å². The molecular weight excluding hydrogens is 330 g/mol. The first-order valence-electron chi connectivity index (χ1n) is 8.26. The molecular formula is C20H21N3O3. The van der Waals surface area contributed by atoms with Crippen molar-refractivity contribution in [3.05, 3.63) is 65.9 Å². The Morgan fingerprint density at radius 3 is 2.38 bits per heavy atom. The Bertz CT molecular complexity index is 859. The number of amides is 1. The standard InChI is InChI=1S/C20H21N3O3/c1-25-18-8-5-15(11-19(18)26-2)12-20(24)21-13-14-3-6-16(7-4-14)17-9-10-22-23-17/h3-11H,12-13H2,1-2H3,(H,21,24)(H,22,23). The molecule has 6 heteroatoms. The summed E-state index contributed by atoms with van der Waals surface area (Å²) in [7, 11) is 3.16. The molecule has 0 spiro atoms. The van der Waals surface area contributed by atoms with Gasteiger partial charge in [0, 0.05) is 12.7 Å². The SMILES string of the molecule is COc1ccc(CC(=O)NCc2ccc(-c3ccn[nH]3)cc2)cc1OC. The van der Waals surface area contributed by atoms with Crippen LogP contribution < -0.4 is 14.8 Å². The molecule has 0 aliphatic rings. The van der Waals surface area contributed by atoms with Gasteiger partial charge in [0.25, 0.3) is 0 Å². The maximum Gasteiger partial charge on any atom is 0.224 e. The summed E-state index contributed by atoms with van der Waals surface area (Å²) >= 11 is 0. The third-order valence-electron chi connectivity index (χ3n) is 4.07. The maximum atomic E-state index is 12.2. The van der Waals surface area contributed by atoms with E-state index in [-0.39, 0.29) is 12.3 Å². The van der Waals surface area contributed by atoms with Crippen molar-refractivity contribution in [3.8, 4) is 22.8 Å². The molecule has 1 amide bonds. The molecule has 3 aromatic rings. The lowest BCUT2D eigenvalue weighted by Gasteiger charge is -2.10. The largest absolute Gasteiger partial charge is 0.493 e. The molecule has 3 rings (SSSR count). The first-order valence-corrected chi connectivity index (χ1v) is 8.26. The molecule has 0 saturated heterocycles. The van der Waals surface area contributed by atoms with Gasteiger partial charge in [-0.15, -0.1) is 0 Å². The first-order chi connectivity index (χ1) is 12.7.